The number of halogens is 1. The van der Waals surface area contributed by atoms with Crippen molar-refractivity contribution in [3.05, 3.63) is 94.5 Å². The van der Waals surface area contributed by atoms with Gasteiger partial charge in [0, 0.05) is 9.89 Å². The molecule has 0 atom stereocenters. The van der Waals surface area contributed by atoms with E-state index in [4.69, 9.17) is 0 Å². The molecule has 5 rings (SSSR count). The Labute approximate surface area is 162 Å². The quantitative estimate of drug-likeness (QED) is 0.310. The van der Waals surface area contributed by atoms with Gasteiger partial charge in [-0.1, -0.05) is 90.4 Å². The normalized spacial score (nSPS) is 14.3. The van der Waals surface area contributed by atoms with E-state index in [0.717, 1.165) is 4.47 Å². The maximum absolute atomic E-state index is 3.56. The van der Waals surface area contributed by atoms with Gasteiger partial charge in [0.25, 0.3) is 0 Å². The zero-order valence-electron chi connectivity index (χ0n) is 14.9. The zero-order chi connectivity index (χ0) is 17.9. The summed E-state index contributed by atoms with van der Waals surface area (Å²) < 4.78 is 1.11. The fourth-order valence-electron chi connectivity index (χ4n) is 4.42. The molecule has 1 heteroatoms. The predicted octanol–water partition coefficient (Wildman–Crippen LogP) is 7.58. The van der Waals surface area contributed by atoms with Gasteiger partial charge in [-0.25, -0.2) is 0 Å². The molecule has 1 aliphatic carbocycles. The van der Waals surface area contributed by atoms with E-state index in [2.05, 4.69) is 109 Å². The Kier molecular flexibility index (Phi) is 3.39. The second-order valence-electron chi connectivity index (χ2n) is 7.57. The first-order valence-electron chi connectivity index (χ1n) is 8.99. The summed E-state index contributed by atoms with van der Waals surface area (Å²) in [6.07, 6.45) is 0. The molecule has 0 aromatic heterocycles. The number of benzene rings is 4. The third-order valence-electron chi connectivity index (χ3n) is 5.74. The second-order valence-corrected chi connectivity index (χ2v) is 8.49. The molecule has 0 saturated carbocycles. The van der Waals surface area contributed by atoms with Crippen LogP contribution in [0.1, 0.15) is 25.0 Å². The van der Waals surface area contributed by atoms with E-state index in [1.54, 1.807) is 0 Å². The van der Waals surface area contributed by atoms with Crippen molar-refractivity contribution < 1.29 is 0 Å². The van der Waals surface area contributed by atoms with E-state index in [1.165, 1.54) is 44.2 Å². The minimum atomic E-state index is 0.0140. The van der Waals surface area contributed by atoms with E-state index in [-0.39, 0.29) is 5.41 Å². The standard InChI is InChI=1S/C25H19Br/c1-25(2)22-10-6-5-9-20(22)24-19-8-4-3-7-18(19)21(15-23(24)25)16-11-13-17(26)14-12-16/h3-15H,1-2H3. The van der Waals surface area contributed by atoms with Crippen molar-refractivity contribution in [2.45, 2.75) is 19.3 Å². The predicted molar refractivity (Wildman–Crippen MR) is 115 cm³/mol. The van der Waals surface area contributed by atoms with Crippen LogP contribution in [0.15, 0.2) is 83.3 Å². The summed E-state index contributed by atoms with van der Waals surface area (Å²) in [5.74, 6) is 0. The first-order valence-corrected chi connectivity index (χ1v) is 9.79. The molecule has 0 radical (unpaired) electrons. The third kappa shape index (κ3) is 2.13. The Morgan fingerprint density at radius 2 is 1.31 bits per heavy atom. The summed E-state index contributed by atoms with van der Waals surface area (Å²) in [4.78, 5) is 0. The second kappa shape index (κ2) is 5.56. The molecule has 4 aromatic carbocycles. The molecule has 1 aliphatic rings. The van der Waals surface area contributed by atoms with E-state index in [9.17, 15) is 0 Å². The molecule has 0 aliphatic heterocycles. The monoisotopic (exact) mass is 398 g/mol. The van der Waals surface area contributed by atoms with E-state index >= 15 is 0 Å². The molecule has 0 N–H and O–H groups in total. The topological polar surface area (TPSA) is 0 Å². The van der Waals surface area contributed by atoms with Gasteiger partial charge in [-0.2, -0.15) is 0 Å². The lowest BCUT2D eigenvalue weighted by atomic mass is 9.80. The highest BCUT2D eigenvalue weighted by Crippen LogP contribution is 2.52. The van der Waals surface area contributed by atoms with Crippen LogP contribution in [0.4, 0.5) is 0 Å². The fraction of sp³-hybridized carbons (Fsp3) is 0.120. The molecule has 0 unspecified atom stereocenters. The Bertz CT molecular complexity index is 1150. The molecule has 0 amide bonds. The molecule has 0 nitrogen and oxygen atoms in total. The SMILES string of the molecule is CC1(C)c2ccccc2-c2c1cc(-c1ccc(Br)cc1)c1ccccc21. The maximum atomic E-state index is 3.56. The van der Waals surface area contributed by atoms with Crippen molar-refractivity contribution in [2.75, 3.05) is 0 Å². The first-order chi connectivity index (χ1) is 12.6. The lowest BCUT2D eigenvalue weighted by Crippen LogP contribution is -2.15. The molecule has 0 heterocycles. The average molecular weight is 399 g/mol. The van der Waals surface area contributed by atoms with Crippen molar-refractivity contribution in [3.8, 4) is 22.3 Å². The maximum Gasteiger partial charge on any atom is 0.0175 e. The molecule has 0 spiro atoms. The number of rotatable bonds is 1. The van der Waals surface area contributed by atoms with Crippen LogP contribution in [0, 0.1) is 0 Å². The number of hydrogen-bond acceptors (Lipinski definition) is 0. The van der Waals surface area contributed by atoms with Crippen LogP contribution in [-0.2, 0) is 5.41 Å². The summed E-state index contributed by atoms with van der Waals surface area (Å²) in [6, 6.07) is 28.8. The summed E-state index contributed by atoms with van der Waals surface area (Å²) in [5.41, 5.74) is 8.23. The minimum absolute atomic E-state index is 0.0140. The van der Waals surface area contributed by atoms with Crippen molar-refractivity contribution >= 4 is 26.7 Å². The van der Waals surface area contributed by atoms with Crippen LogP contribution < -0.4 is 0 Å². The van der Waals surface area contributed by atoms with E-state index in [0.29, 0.717) is 0 Å². The molecular formula is C25H19Br. The van der Waals surface area contributed by atoms with E-state index < -0.39 is 0 Å². The van der Waals surface area contributed by atoms with Crippen LogP contribution in [0.3, 0.4) is 0 Å². The molecule has 0 fully saturated rings. The van der Waals surface area contributed by atoms with Gasteiger partial charge in [-0.05, 0) is 62.4 Å². The van der Waals surface area contributed by atoms with Gasteiger partial charge in [0.05, 0.1) is 0 Å². The molecule has 0 bridgehead atoms. The molecule has 126 valence electrons. The largest absolute Gasteiger partial charge is 0.0619 e. The Hall–Kier alpha value is -2.38. The Morgan fingerprint density at radius 1 is 0.654 bits per heavy atom. The van der Waals surface area contributed by atoms with Gasteiger partial charge in [0.1, 0.15) is 0 Å². The highest BCUT2D eigenvalue weighted by molar-refractivity contribution is 9.10. The zero-order valence-corrected chi connectivity index (χ0v) is 16.5. The first kappa shape index (κ1) is 15.8. The molecule has 0 saturated heterocycles. The number of fused-ring (bicyclic) bond motifs is 5. The van der Waals surface area contributed by atoms with Gasteiger partial charge < -0.3 is 0 Å². The van der Waals surface area contributed by atoms with Gasteiger partial charge in [-0.15, -0.1) is 0 Å². The molecular weight excluding hydrogens is 380 g/mol. The van der Waals surface area contributed by atoms with Crippen LogP contribution in [0.5, 0.6) is 0 Å². The lowest BCUT2D eigenvalue weighted by Gasteiger charge is -2.23. The lowest BCUT2D eigenvalue weighted by molar-refractivity contribution is 0.661. The van der Waals surface area contributed by atoms with Crippen LogP contribution in [-0.4, -0.2) is 0 Å². The average Bonchev–Trinajstić information content (AvgIpc) is 2.90. The minimum Gasteiger partial charge on any atom is -0.0619 e. The highest BCUT2D eigenvalue weighted by Gasteiger charge is 2.36. The van der Waals surface area contributed by atoms with Gasteiger partial charge >= 0.3 is 0 Å². The van der Waals surface area contributed by atoms with Crippen LogP contribution >= 0.6 is 15.9 Å². The van der Waals surface area contributed by atoms with Crippen molar-refractivity contribution in [3.63, 3.8) is 0 Å². The summed E-state index contributed by atoms with van der Waals surface area (Å²) >= 11 is 3.56. The summed E-state index contributed by atoms with van der Waals surface area (Å²) in [6.45, 7) is 4.69. The Balaban J connectivity index is 1.92. The highest BCUT2D eigenvalue weighted by atomic mass is 79.9. The molecule has 4 aromatic rings. The van der Waals surface area contributed by atoms with Crippen molar-refractivity contribution in [1.29, 1.82) is 0 Å². The van der Waals surface area contributed by atoms with E-state index in [1.807, 2.05) is 0 Å². The smallest absolute Gasteiger partial charge is 0.0175 e. The van der Waals surface area contributed by atoms with Gasteiger partial charge in [-0.3, -0.25) is 0 Å². The van der Waals surface area contributed by atoms with Crippen LogP contribution in [0.25, 0.3) is 33.0 Å². The third-order valence-corrected chi connectivity index (χ3v) is 6.27. The van der Waals surface area contributed by atoms with Crippen molar-refractivity contribution in [1.82, 2.24) is 0 Å². The van der Waals surface area contributed by atoms with Gasteiger partial charge in [0.2, 0.25) is 0 Å². The summed E-state index contributed by atoms with van der Waals surface area (Å²) in [5, 5.41) is 2.67. The summed E-state index contributed by atoms with van der Waals surface area (Å²) in [7, 11) is 0. The van der Waals surface area contributed by atoms with Gasteiger partial charge in [0.15, 0.2) is 0 Å². The Morgan fingerprint density at radius 3 is 2.08 bits per heavy atom. The fourth-order valence-corrected chi connectivity index (χ4v) is 4.68. The van der Waals surface area contributed by atoms with Crippen LogP contribution in [0.2, 0.25) is 0 Å². The number of hydrogen-bond donors (Lipinski definition) is 0. The van der Waals surface area contributed by atoms with Crippen molar-refractivity contribution in [2.24, 2.45) is 0 Å². The molecule has 26 heavy (non-hydrogen) atoms.